The summed E-state index contributed by atoms with van der Waals surface area (Å²) in [6.45, 7) is 6.37. The van der Waals surface area contributed by atoms with E-state index in [4.69, 9.17) is 0 Å². The molecule has 9 heteroatoms. The number of imidazole rings is 1. The van der Waals surface area contributed by atoms with E-state index in [2.05, 4.69) is 24.8 Å². The molecule has 0 aromatic carbocycles. The Hall–Kier alpha value is -1.74. The highest BCUT2D eigenvalue weighted by molar-refractivity contribution is 7.89. The largest absolute Gasteiger partial charge is 0.332 e. The van der Waals surface area contributed by atoms with Crippen molar-refractivity contribution in [3.05, 3.63) is 24.2 Å². The topological polar surface area (TPSA) is 106 Å². The van der Waals surface area contributed by atoms with Gasteiger partial charge in [-0.15, -0.1) is 0 Å². The van der Waals surface area contributed by atoms with Crippen LogP contribution < -0.4 is 4.72 Å². The number of nitrogens with one attached hydrogen (secondary N) is 2. The summed E-state index contributed by atoms with van der Waals surface area (Å²) in [6, 6.07) is -0.475. The standard InChI is InChI=1S/C12H20N6O2S/c1-4-6-18-12(14-8-15-18)9(3)17-21(19,20)11-7-13-10(5-2)16-11/h7-9,17H,4-6H2,1-3H3,(H,13,16). The van der Waals surface area contributed by atoms with Crippen molar-refractivity contribution < 1.29 is 8.42 Å². The normalized spacial score (nSPS) is 13.5. The Kier molecular flexibility index (Phi) is 4.73. The van der Waals surface area contributed by atoms with Gasteiger partial charge in [0.25, 0.3) is 10.0 Å². The van der Waals surface area contributed by atoms with Crippen LogP contribution in [0.2, 0.25) is 0 Å². The lowest BCUT2D eigenvalue weighted by molar-refractivity contribution is 0.514. The molecular weight excluding hydrogens is 292 g/mol. The van der Waals surface area contributed by atoms with E-state index in [1.807, 2.05) is 13.8 Å². The minimum absolute atomic E-state index is 0.0627. The monoisotopic (exact) mass is 312 g/mol. The van der Waals surface area contributed by atoms with E-state index < -0.39 is 16.1 Å². The van der Waals surface area contributed by atoms with Crippen molar-refractivity contribution in [3.8, 4) is 0 Å². The van der Waals surface area contributed by atoms with Crippen molar-refractivity contribution in [1.82, 2.24) is 29.5 Å². The third kappa shape index (κ3) is 3.48. The fourth-order valence-corrected chi connectivity index (χ4v) is 3.14. The lowest BCUT2D eigenvalue weighted by atomic mass is 10.3. The number of nitrogens with zero attached hydrogens (tertiary/aromatic N) is 4. The van der Waals surface area contributed by atoms with Gasteiger partial charge in [-0.1, -0.05) is 13.8 Å². The minimum atomic E-state index is -3.66. The molecular formula is C12H20N6O2S. The molecule has 0 bridgehead atoms. The van der Waals surface area contributed by atoms with Crippen LogP contribution in [0.15, 0.2) is 17.6 Å². The maximum absolute atomic E-state index is 12.3. The van der Waals surface area contributed by atoms with Crippen molar-refractivity contribution in [2.24, 2.45) is 0 Å². The molecule has 0 fully saturated rings. The summed E-state index contributed by atoms with van der Waals surface area (Å²) < 4.78 is 28.9. The summed E-state index contributed by atoms with van der Waals surface area (Å²) in [7, 11) is -3.66. The van der Waals surface area contributed by atoms with Gasteiger partial charge in [0.15, 0.2) is 5.03 Å². The summed E-state index contributed by atoms with van der Waals surface area (Å²) in [4.78, 5) is 10.9. The molecule has 116 valence electrons. The minimum Gasteiger partial charge on any atom is -0.332 e. The quantitative estimate of drug-likeness (QED) is 0.794. The van der Waals surface area contributed by atoms with E-state index in [0.29, 0.717) is 24.6 Å². The van der Waals surface area contributed by atoms with E-state index in [1.54, 1.807) is 11.6 Å². The van der Waals surface area contributed by atoms with E-state index in [-0.39, 0.29) is 5.03 Å². The summed E-state index contributed by atoms with van der Waals surface area (Å²) in [5.74, 6) is 1.23. The zero-order chi connectivity index (χ0) is 15.5. The zero-order valence-electron chi connectivity index (χ0n) is 12.4. The highest BCUT2D eigenvalue weighted by Crippen LogP contribution is 2.14. The van der Waals surface area contributed by atoms with Crippen molar-refractivity contribution >= 4 is 10.0 Å². The molecule has 0 saturated carbocycles. The Labute approximate surface area is 124 Å². The van der Waals surface area contributed by atoms with Gasteiger partial charge in [-0.05, 0) is 13.3 Å². The Morgan fingerprint density at radius 2 is 2.14 bits per heavy atom. The summed E-state index contributed by atoms with van der Waals surface area (Å²) in [5, 5.41) is 4.16. The molecule has 0 spiro atoms. The molecule has 8 nitrogen and oxygen atoms in total. The number of aromatic amines is 1. The molecule has 0 saturated heterocycles. The van der Waals surface area contributed by atoms with Crippen LogP contribution in [-0.4, -0.2) is 33.2 Å². The van der Waals surface area contributed by atoms with Crippen molar-refractivity contribution in [2.75, 3.05) is 0 Å². The Balaban J connectivity index is 2.17. The maximum atomic E-state index is 12.3. The Bertz CT molecular complexity index is 690. The van der Waals surface area contributed by atoms with E-state index in [9.17, 15) is 8.42 Å². The van der Waals surface area contributed by atoms with E-state index in [1.165, 1.54) is 12.5 Å². The first-order chi connectivity index (χ1) is 9.97. The number of hydrogen-bond acceptors (Lipinski definition) is 5. The zero-order valence-corrected chi connectivity index (χ0v) is 13.2. The van der Waals surface area contributed by atoms with Gasteiger partial charge >= 0.3 is 0 Å². The third-order valence-corrected chi connectivity index (χ3v) is 4.48. The van der Waals surface area contributed by atoms with Crippen LogP contribution in [0.5, 0.6) is 0 Å². The SMILES string of the molecule is CCCn1ncnc1C(C)NS(=O)(=O)c1cnc(CC)[nH]1. The summed E-state index contributed by atoms with van der Waals surface area (Å²) >= 11 is 0. The molecule has 0 radical (unpaired) electrons. The molecule has 2 aromatic rings. The molecule has 0 amide bonds. The van der Waals surface area contributed by atoms with Crippen LogP contribution in [0.3, 0.4) is 0 Å². The predicted molar refractivity (Wildman–Crippen MR) is 77.0 cm³/mol. The lowest BCUT2D eigenvalue weighted by Gasteiger charge is -2.13. The number of H-pyrrole nitrogens is 1. The number of sulfonamides is 1. The molecule has 2 aromatic heterocycles. The van der Waals surface area contributed by atoms with Gasteiger partial charge in [-0.25, -0.2) is 23.1 Å². The van der Waals surface area contributed by atoms with Crippen LogP contribution in [0.25, 0.3) is 0 Å². The molecule has 2 heterocycles. The second-order valence-corrected chi connectivity index (χ2v) is 6.41. The molecule has 21 heavy (non-hydrogen) atoms. The molecule has 0 aliphatic rings. The van der Waals surface area contributed by atoms with Gasteiger partial charge in [0.1, 0.15) is 18.0 Å². The Morgan fingerprint density at radius 1 is 1.38 bits per heavy atom. The van der Waals surface area contributed by atoms with E-state index in [0.717, 1.165) is 6.42 Å². The number of aromatic nitrogens is 5. The second-order valence-electron chi connectivity index (χ2n) is 4.73. The van der Waals surface area contributed by atoms with Gasteiger partial charge in [-0.2, -0.15) is 9.82 Å². The van der Waals surface area contributed by atoms with Crippen molar-refractivity contribution in [2.45, 2.75) is 51.2 Å². The van der Waals surface area contributed by atoms with E-state index >= 15 is 0 Å². The fraction of sp³-hybridized carbons (Fsp3) is 0.583. The first-order valence-corrected chi connectivity index (χ1v) is 8.40. The van der Waals surface area contributed by atoms with Crippen LogP contribution >= 0.6 is 0 Å². The van der Waals surface area contributed by atoms with Crippen LogP contribution in [-0.2, 0) is 23.0 Å². The molecule has 0 aliphatic carbocycles. The number of hydrogen-bond donors (Lipinski definition) is 2. The third-order valence-electron chi connectivity index (χ3n) is 3.03. The average Bonchev–Trinajstić information content (AvgIpc) is 3.07. The van der Waals surface area contributed by atoms with Gasteiger partial charge in [0.2, 0.25) is 0 Å². The fourth-order valence-electron chi connectivity index (χ4n) is 2.00. The summed E-state index contributed by atoms with van der Waals surface area (Å²) in [6.07, 6.45) is 4.30. The molecule has 1 atom stereocenters. The molecule has 2 N–H and O–H groups in total. The number of rotatable bonds is 7. The van der Waals surface area contributed by atoms with Gasteiger partial charge < -0.3 is 4.98 Å². The predicted octanol–water partition coefficient (Wildman–Crippen LogP) is 1.01. The number of aryl methyl sites for hydroxylation is 2. The lowest BCUT2D eigenvalue weighted by Crippen LogP contribution is -2.29. The van der Waals surface area contributed by atoms with Crippen molar-refractivity contribution in [1.29, 1.82) is 0 Å². The van der Waals surface area contributed by atoms with Crippen LogP contribution in [0.1, 0.15) is 44.9 Å². The average molecular weight is 312 g/mol. The first kappa shape index (κ1) is 15.6. The highest BCUT2D eigenvalue weighted by Gasteiger charge is 2.23. The maximum Gasteiger partial charge on any atom is 0.258 e. The smallest absolute Gasteiger partial charge is 0.258 e. The first-order valence-electron chi connectivity index (χ1n) is 6.91. The van der Waals surface area contributed by atoms with Crippen LogP contribution in [0, 0.1) is 0 Å². The highest BCUT2D eigenvalue weighted by atomic mass is 32.2. The molecule has 2 rings (SSSR count). The Morgan fingerprint density at radius 3 is 2.76 bits per heavy atom. The van der Waals surface area contributed by atoms with Crippen LogP contribution in [0.4, 0.5) is 0 Å². The van der Waals surface area contributed by atoms with Gasteiger partial charge in [0, 0.05) is 13.0 Å². The van der Waals surface area contributed by atoms with Gasteiger partial charge in [0.05, 0.1) is 12.2 Å². The van der Waals surface area contributed by atoms with Crippen molar-refractivity contribution in [3.63, 3.8) is 0 Å². The summed E-state index contributed by atoms with van der Waals surface area (Å²) in [5.41, 5.74) is 0. The molecule has 1 unspecified atom stereocenters. The second kappa shape index (κ2) is 6.35. The van der Waals surface area contributed by atoms with Gasteiger partial charge in [-0.3, -0.25) is 0 Å². The molecule has 0 aliphatic heterocycles.